The number of aryl methyl sites for hydroxylation is 1. The van der Waals surface area contributed by atoms with Gasteiger partial charge in [-0.2, -0.15) is 4.39 Å². The number of carbonyl (C=O) groups excluding carboxylic acids is 1. The predicted octanol–water partition coefficient (Wildman–Crippen LogP) is 2.54. The van der Waals surface area contributed by atoms with Gasteiger partial charge in [0.1, 0.15) is 10.7 Å². The number of hydrogen-bond acceptors (Lipinski definition) is 4. The third kappa shape index (κ3) is 2.94. The Morgan fingerprint density at radius 2 is 2.16 bits per heavy atom. The number of pyridine rings is 1. The van der Waals surface area contributed by atoms with Crippen molar-refractivity contribution in [2.24, 2.45) is 0 Å². The lowest BCUT2D eigenvalue weighted by molar-refractivity contribution is 0.0698. The zero-order valence-electron chi connectivity index (χ0n) is 9.81. The fraction of sp³-hybridized carbons (Fsp3) is 0.0833. The molecule has 0 radical (unpaired) electrons. The predicted molar refractivity (Wildman–Crippen MR) is 68.2 cm³/mol. The average Bonchev–Trinajstić information content (AvgIpc) is 2.70. The van der Waals surface area contributed by atoms with Gasteiger partial charge in [-0.25, -0.2) is 9.78 Å². The first kappa shape index (κ1) is 13.2. The van der Waals surface area contributed by atoms with Crippen molar-refractivity contribution in [3.8, 4) is 0 Å². The summed E-state index contributed by atoms with van der Waals surface area (Å²) in [4.78, 5) is 27.0. The smallest absolute Gasteiger partial charge is 0.338 e. The van der Waals surface area contributed by atoms with Gasteiger partial charge in [0.15, 0.2) is 0 Å². The second-order valence-corrected chi connectivity index (χ2v) is 4.96. The van der Waals surface area contributed by atoms with E-state index in [0.717, 1.165) is 22.3 Å². The molecule has 5 nitrogen and oxygen atoms in total. The fourth-order valence-corrected chi connectivity index (χ4v) is 2.37. The van der Waals surface area contributed by atoms with E-state index in [1.807, 2.05) is 0 Å². The SMILES string of the molecule is Cc1cc(C(=O)O)c(NC(=O)c2cccc(F)n2)s1. The van der Waals surface area contributed by atoms with Gasteiger partial charge in [0, 0.05) is 4.88 Å². The van der Waals surface area contributed by atoms with E-state index in [2.05, 4.69) is 10.3 Å². The number of nitrogens with one attached hydrogen (secondary N) is 1. The van der Waals surface area contributed by atoms with Crippen LogP contribution >= 0.6 is 11.3 Å². The van der Waals surface area contributed by atoms with E-state index in [1.54, 1.807) is 6.92 Å². The van der Waals surface area contributed by atoms with Crippen molar-refractivity contribution in [2.45, 2.75) is 6.92 Å². The molecule has 0 unspecified atom stereocenters. The standard InChI is InChI=1S/C12H9FN2O3S/c1-6-5-7(12(17)18)11(19-6)15-10(16)8-3-2-4-9(13)14-8/h2-5H,1H3,(H,15,16)(H,17,18). The summed E-state index contributed by atoms with van der Waals surface area (Å²) >= 11 is 1.14. The summed E-state index contributed by atoms with van der Waals surface area (Å²) in [5.41, 5.74) is -0.102. The van der Waals surface area contributed by atoms with Crippen molar-refractivity contribution in [3.63, 3.8) is 0 Å². The molecule has 7 heteroatoms. The van der Waals surface area contributed by atoms with Crippen LogP contribution in [-0.4, -0.2) is 22.0 Å². The highest BCUT2D eigenvalue weighted by atomic mass is 32.1. The molecule has 2 aromatic heterocycles. The molecule has 2 rings (SSSR count). The van der Waals surface area contributed by atoms with Crippen LogP contribution in [0.3, 0.4) is 0 Å². The minimum absolute atomic E-state index is 0.00672. The number of anilines is 1. The number of amides is 1. The molecule has 0 aromatic carbocycles. The Morgan fingerprint density at radius 1 is 1.42 bits per heavy atom. The van der Waals surface area contributed by atoms with Gasteiger partial charge in [0.05, 0.1) is 5.56 Å². The van der Waals surface area contributed by atoms with Crippen molar-refractivity contribution < 1.29 is 19.1 Å². The topological polar surface area (TPSA) is 79.3 Å². The third-order valence-corrected chi connectivity index (χ3v) is 3.23. The number of carboxylic acids is 1. The molecular weight excluding hydrogens is 271 g/mol. The Morgan fingerprint density at radius 3 is 2.79 bits per heavy atom. The van der Waals surface area contributed by atoms with Gasteiger partial charge in [0.25, 0.3) is 5.91 Å². The van der Waals surface area contributed by atoms with Crippen LogP contribution in [0, 0.1) is 12.9 Å². The van der Waals surface area contributed by atoms with Gasteiger partial charge in [-0.15, -0.1) is 11.3 Å². The lowest BCUT2D eigenvalue weighted by atomic mass is 10.3. The first-order valence-electron chi connectivity index (χ1n) is 5.25. The van der Waals surface area contributed by atoms with Gasteiger partial charge in [-0.1, -0.05) is 6.07 Å². The number of thiophene rings is 1. The van der Waals surface area contributed by atoms with Crippen molar-refractivity contribution in [1.29, 1.82) is 0 Å². The summed E-state index contributed by atoms with van der Waals surface area (Å²) in [6.45, 7) is 1.73. The van der Waals surface area contributed by atoms with E-state index in [4.69, 9.17) is 5.11 Å². The Hall–Kier alpha value is -2.28. The quantitative estimate of drug-likeness (QED) is 0.847. The molecule has 1 amide bonds. The highest BCUT2D eigenvalue weighted by Crippen LogP contribution is 2.27. The van der Waals surface area contributed by atoms with Crippen LogP contribution in [0.15, 0.2) is 24.3 Å². The van der Waals surface area contributed by atoms with Crippen LogP contribution in [0.5, 0.6) is 0 Å². The monoisotopic (exact) mass is 280 g/mol. The zero-order valence-corrected chi connectivity index (χ0v) is 10.6. The van der Waals surface area contributed by atoms with Crippen LogP contribution < -0.4 is 5.32 Å². The number of halogens is 1. The van der Waals surface area contributed by atoms with Gasteiger partial charge < -0.3 is 10.4 Å². The maximum atomic E-state index is 12.9. The molecule has 0 saturated carbocycles. The Balaban J connectivity index is 2.26. The number of aromatic nitrogens is 1. The van der Waals surface area contributed by atoms with Crippen molar-refractivity contribution in [3.05, 3.63) is 46.3 Å². The molecule has 2 N–H and O–H groups in total. The molecule has 0 aliphatic rings. The number of aromatic carboxylic acids is 1. The first-order valence-corrected chi connectivity index (χ1v) is 6.06. The number of nitrogens with zero attached hydrogens (tertiary/aromatic N) is 1. The minimum Gasteiger partial charge on any atom is -0.478 e. The van der Waals surface area contributed by atoms with Crippen molar-refractivity contribution >= 4 is 28.2 Å². The van der Waals surface area contributed by atoms with Gasteiger partial charge in [0.2, 0.25) is 5.95 Å². The molecular formula is C12H9FN2O3S. The van der Waals surface area contributed by atoms with E-state index in [-0.39, 0.29) is 16.3 Å². The lowest BCUT2D eigenvalue weighted by Crippen LogP contribution is -2.15. The number of hydrogen-bond donors (Lipinski definition) is 2. The second kappa shape index (κ2) is 5.15. The summed E-state index contributed by atoms with van der Waals surface area (Å²) in [5.74, 6) is -2.55. The Bertz CT molecular complexity index is 654. The Labute approximate surface area is 111 Å². The number of rotatable bonds is 3. The maximum absolute atomic E-state index is 12.9. The summed E-state index contributed by atoms with van der Waals surface area (Å²) in [6.07, 6.45) is 0. The van der Waals surface area contributed by atoms with Crippen LogP contribution in [-0.2, 0) is 0 Å². The Kier molecular flexibility index (Phi) is 3.57. The highest BCUT2D eigenvalue weighted by Gasteiger charge is 2.17. The molecule has 19 heavy (non-hydrogen) atoms. The molecule has 0 aliphatic carbocycles. The molecule has 98 valence electrons. The largest absolute Gasteiger partial charge is 0.478 e. The first-order chi connectivity index (χ1) is 8.97. The van der Waals surface area contributed by atoms with Crippen LogP contribution in [0.1, 0.15) is 25.7 Å². The molecule has 2 heterocycles. The van der Waals surface area contributed by atoms with E-state index in [1.165, 1.54) is 18.2 Å². The summed E-state index contributed by atoms with van der Waals surface area (Å²) < 4.78 is 12.9. The van der Waals surface area contributed by atoms with Crippen LogP contribution in [0.25, 0.3) is 0 Å². The van der Waals surface area contributed by atoms with Crippen LogP contribution in [0.4, 0.5) is 9.39 Å². The van der Waals surface area contributed by atoms with Gasteiger partial charge in [-0.3, -0.25) is 4.79 Å². The average molecular weight is 280 g/mol. The number of carbonyl (C=O) groups is 2. The van der Waals surface area contributed by atoms with E-state index in [0.29, 0.717) is 0 Å². The highest BCUT2D eigenvalue weighted by molar-refractivity contribution is 7.16. The maximum Gasteiger partial charge on any atom is 0.338 e. The van der Waals surface area contributed by atoms with E-state index in [9.17, 15) is 14.0 Å². The van der Waals surface area contributed by atoms with Gasteiger partial charge >= 0.3 is 5.97 Å². The fourth-order valence-electron chi connectivity index (χ4n) is 1.47. The van der Waals surface area contributed by atoms with Crippen LogP contribution in [0.2, 0.25) is 0 Å². The second-order valence-electron chi connectivity index (χ2n) is 3.70. The molecule has 0 fully saturated rings. The van der Waals surface area contributed by atoms with Crippen molar-refractivity contribution in [1.82, 2.24) is 4.98 Å². The minimum atomic E-state index is -1.13. The van der Waals surface area contributed by atoms with Gasteiger partial charge in [-0.05, 0) is 25.1 Å². The molecule has 0 atom stereocenters. The van der Waals surface area contributed by atoms with E-state index >= 15 is 0 Å². The molecule has 2 aromatic rings. The molecule has 0 aliphatic heterocycles. The normalized spacial score (nSPS) is 10.2. The number of carboxylic acid groups (broad SMARTS) is 1. The summed E-state index contributed by atoms with van der Waals surface area (Å²) in [7, 11) is 0. The summed E-state index contributed by atoms with van der Waals surface area (Å²) in [6, 6.07) is 5.28. The third-order valence-electron chi connectivity index (χ3n) is 2.26. The summed E-state index contributed by atoms with van der Waals surface area (Å²) in [5, 5.41) is 11.6. The lowest BCUT2D eigenvalue weighted by Gasteiger charge is -2.03. The molecule has 0 saturated heterocycles. The molecule has 0 bridgehead atoms. The van der Waals surface area contributed by atoms with Crippen molar-refractivity contribution in [2.75, 3.05) is 5.32 Å². The molecule has 0 spiro atoms. The van der Waals surface area contributed by atoms with E-state index < -0.39 is 17.8 Å². The zero-order chi connectivity index (χ0) is 14.0.